The molecule has 0 unspecified atom stereocenters. The lowest BCUT2D eigenvalue weighted by Crippen LogP contribution is -2.32. The molecule has 0 aliphatic rings. The van der Waals surface area contributed by atoms with Crippen molar-refractivity contribution in [2.24, 2.45) is 16.5 Å². The molecule has 2 aromatic carbocycles. The van der Waals surface area contributed by atoms with Crippen LogP contribution < -0.4 is 21.5 Å². The van der Waals surface area contributed by atoms with E-state index in [0.29, 0.717) is 0 Å². The Balaban J connectivity index is 0.000000303. The Bertz CT molecular complexity index is 950. The molecule has 0 spiro atoms. The fraction of sp³-hybridized carbons (Fsp3) is 0.273. The molecule has 0 radical (unpaired) electrons. The van der Waals surface area contributed by atoms with Crippen molar-refractivity contribution in [3.8, 4) is 5.75 Å². The molecular formula is C22H30N6OS. The van der Waals surface area contributed by atoms with Gasteiger partial charge in [-0.15, -0.1) is 11.3 Å². The summed E-state index contributed by atoms with van der Waals surface area (Å²) in [6.07, 6.45) is 1.06. The number of aliphatic imine (C=N–C) groups is 1. The van der Waals surface area contributed by atoms with Crippen LogP contribution in [0.15, 0.2) is 65.0 Å². The summed E-state index contributed by atoms with van der Waals surface area (Å²) < 4.78 is 6.34. The molecule has 0 aliphatic heterocycles. The van der Waals surface area contributed by atoms with Crippen LogP contribution in [-0.2, 0) is 0 Å². The quantitative estimate of drug-likeness (QED) is 0.356. The summed E-state index contributed by atoms with van der Waals surface area (Å²) in [7, 11) is 5.42. The summed E-state index contributed by atoms with van der Waals surface area (Å²) in [5.41, 5.74) is 10.2. The third-order valence-corrected chi connectivity index (χ3v) is 5.19. The molecule has 7 nitrogen and oxygen atoms in total. The lowest BCUT2D eigenvalue weighted by Gasteiger charge is -2.19. The molecule has 3 aromatic rings. The highest BCUT2D eigenvalue weighted by atomic mass is 32.1. The third kappa shape index (κ3) is 7.06. The Labute approximate surface area is 181 Å². The van der Waals surface area contributed by atoms with Crippen LogP contribution >= 0.6 is 11.3 Å². The zero-order valence-electron chi connectivity index (χ0n) is 17.6. The van der Waals surface area contributed by atoms with Crippen LogP contribution in [0.3, 0.4) is 0 Å². The number of hydrogen-bond acceptors (Lipinski definition) is 4. The maximum Gasteiger partial charge on any atom is 0.215 e. The van der Waals surface area contributed by atoms with Gasteiger partial charge in [0.15, 0.2) is 5.96 Å². The van der Waals surface area contributed by atoms with Gasteiger partial charge in [-0.1, -0.05) is 42.5 Å². The first kappa shape index (κ1) is 23.2. The molecule has 8 heteroatoms. The first-order chi connectivity index (χ1) is 14.4. The second-order valence-electron chi connectivity index (χ2n) is 6.74. The minimum Gasteiger partial charge on any atom is -0.484 e. The Morgan fingerprint density at radius 1 is 1.13 bits per heavy atom. The van der Waals surface area contributed by atoms with Crippen molar-refractivity contribution >= 4 is 34.0 Å². The van der Waals surface area contributed by atoms with E-state index in [0.717, 1.165) is 18.7 Å². The number of nitrogens with zero attached hydrogens (tertiary/aromatic N) is 2. The number of nitrogens with two attached hydrogens (primary N) is 2. The Morgan fingerprint density at radius 3 is 2.47 bits per heavy atom. The molecular weight excluding hydrogens is 396 g/mol. The van der Waals surface area contributed by atoms with E-state index in [2.05, 4.69) is 70.3 Å². The van der Waals surface area contributed by atoms with Crippen molar-refractivity contribution in [2.75, 3.05) is 27.7 Å². The molecule has 6 N–H and O–H groups in total. The molecule has 30 heavy (non-hydrogen) atoms. The number of hydrogen-bond donors (Lipinski definition) is 4. The van der Waals surface area contributed by atoms with Gasteiger partial charge in [0.25, 0.3) is 0 Å². The molecule has 0 saturated carbocycles. The van der Waals surface area contributed by atoms with Crippen molar-refractivity contribution in [1.29, 1.82) is 5.41 Å². The smallest absolute Gasteiger partial charge is 0.215 e. The number of nitrogens with one attached hydrogen (secondary N) is 2. The van der Waals surface area contributed by atoms with E-state index in [1.165, 1.54) is 15.6 Å². The van der Waals surface area contributed by atoms with Crippen LogP contribution in [0.5, 0.6) is 5.75 Å². The van der Waals surface area contributed by atoms with Gasteiger partial charge in [0.1, 0.15) is 11.9 Å². The molecule has 0 aliphatic carbocycles. The molecule has 1 atom stereocenters. The van der Waals surface area contributed by atoms with E-state index in [-0.39, 0.29) is 18.0 Å². The van der Waals surface area contributed by atoms with E-state index in [4.69, 9.17) is 21.6 Å². The summed E-state index contributed by atoms with van der Waals surface area (Å²) in [6, 6.07) is 18.8. The van der Waals surface area contributed by atoms with Crippen LogP contribution in [0.1, 0.15) is 17.4 Å². The predicted molar refractivity (Wildman–Crippen MR) is 127 cm³/mol. The minimum absolute atomic E-state index is 0.100. The monoisotopic (exact) mass is 426 g/mol. The topological polar surface area (TPSA) is 113 Å². The van der Waals surface area contributed by atoms with Gasteiger partial charge in [-0.2, -0.15) is 4.99 Å². The number of guanidine groups is 2. The minimum atomic E-state index is -0.277. The summed E-state index contributed by atoms with van der Waals surface area (Å²) in [6.45, 7) is 0.938. The Kier molecular flexibility index (Phi) is 9.11. The Morgan fingerprint density at radius 2 is 1.87 bits per heavy atom. The highest BCUT2D eigenvalue weighted by Gasteiger charge is 2.15. The van der Waals surface area contributed by atoms with Gasteiger partial charge >= 0.3 is 0 Å². The third-order valence-electron chi connectivity index (χ3n) is 4.23. The van der Waals surface area contributed by atoms with Gasteiger partial charge in [-0.25, -0.2) is 0 Å². The highest BCUT2D eigenvalue weighted by Crippen LogP contribution is 2.32. The van der Waals surface area contributed by atoms with Gasteiger partial charge in [0.2, 0.25) is 5.96 Å². The Hall–Kier alpha value is -3.10. The normalized spacial score (nSPS) is 12.0. The molecule has 1 heterocycles. The van der Waals surface area contributed by atoms with Crippen molar-refractivity contribution < 1.29 is 4.74 Å². The van der Waals surface area contributed by atoms with Gasteiger partial charge in [-0.05, 0) is 36.5 Å². The first-order valence-electron chi connectivity index (χ1n) is 9.60. The average molecular weight is 427 g/mol. The van der Waals surface area contributed by atoms with Gasteiger partial charge < -0.3 is 26.4 Å². The van der Waals surface area contributed by atoms with Crippen LogP contribution in [0.2, 0.25) is 0 Å². The lowest BCUT2D eigenvalue weighted by molar-refractivity contribution is 0.201. The SMILES string of the molecule is CN(C)C(N)=NC(=N)N.CNCC[C@H](Oc1cccc2ccccc12)c1cccs1. The highest BCUT2D eigenvalue weighted by molar-refractivity contribution is 7.10. The second-order valence-corrected chi connectivity index (χ2v) is 7.72. The van der Waals surface area contributed by atoms with Gasteiger partial charge in [0.05, 0.1) is 0 Å². The standard InChI is InChI=1S/C18H19NOS.C4H11N5/c1-19-12-11-17(18-10-5-13-21-18)20-16-9-4-7-14-6-2-3-8-15(14)16;1-9(2)4(7)8-3(5)6/h2-10,13,17,19H,11-12H2,1H3;1-2H3,(H5,5,6,7,8)/t17-;/m0./s1. The number of ether oxygens (including phenoxy) is 1. The van der Waals surface area contributed by atoms with E-state index >= 15 is 0 Å². The fourth-order valence-corrected chi connectivity index (χ4v) is 3.47. The molecule has 1 aromatic heterocycles. The van der Waals surface area contributed by atoms with Crippen molar-refractivity contribution in [2.45, 2.75) is 12.5 Å². The number of rotatable bonds is 6. The van der Waals surface area contributed by atoms with Crippen molar-refractivity contribution in [3.05, 3.63) is 64.9 Å². The summed E-state index contributed by atoms with van der Waals surface area (Å²) in [5.74, 6) is 0.923. The predicted octanol–water partition coefficient (Wildman–Crippen LogP) is 3.39. The first-order valence-corrected chi connectivity index (χ1v) is 10.5. The molecule has 0 fully saturated rings. The van der Waals surface area contributed by atoms with Crippen molar-refractivity contribution in [3.63, 3.8) is 0 Å². The lowest BCUT2D eigenvalue weighted by atomic mass is 10.1. The molecule has 3 rings (SSSR count). The number of thiophene rings is 1. The molecule has 0 bridgehead atoms. The van der Waals surface area contributed by atoms with E-state index in [1.807, 2.05) is 7.05 Å². The largest absolute Gasteiger partial charge is 0.484 e. The molecule has 160 valence electrons. The zero-order chi connectivity index (χ0) is 21.9. The summed E-state index contributed by atoms with van der Waals surface area (Å²) in [4.78, 5) is 6.31. The van der Waals surface area contributed by atoms with Gasteiger partial charge in [0, 0.05) is 30.8 Å². The summed E-state index contributed by atoms with van der Waals surface area (Å²) in [5, 5.41) is 14.4. The van der Waals surface area contributed by atoms with Crippen LogP contribution in [0, 0.1) is 5.41 Å². The van der Waals surface area contributed by atoms with Crippen LogP contribution in [0.4, 0.5) is 0 Å². The average Bonchev–Trinajstić information content (AvgIpc) is 3.26. The number of fused-ring (bicyclic) bond motifs is 1. The zero-order valence-corrected chi connectivity index (χ0v) is 18.4. The van der Waals surface area contributed by atoms with Crippen LogP contribution in [-0.4, -0.2) is 44.5 Å². The molecule has 0 saturated heterocycles. The van der Waals surface area contributed by atoms with Crippen LogP contribution in [0.25, 0.3) is 10.8 Å². The number of benzene rings is 2. The maximum atomic E-state index is 6.70. The maximum absolute atomic E-state index is 6.70. The van der Waals surface area contributed by atoms with Gasteiger partial charge in [-0.3, -0.25) is 5.41 Å². The molecule has 0 amide bonds. The van der Waals surface area contributed by atoms with E-state index < -0.39 is 0 Å². The van der Waals surface area contributed by atoms with E-state index in [1.54, 1.807) is 30.3 Å². The van der Waals surface area contributed by atoms with E-state index in [9.17, 15) is 0 Å². The second kappa shape index (κ2) is 11.8. The fourth-order valence-electron chi connectivity index (χ4n) is 2.68. The van der Waals surface area contributed by atoms with Crippen molar-refractivity contribution in [1.82, 2.24) is 10.2 Å². The summed E-state index contributed by atoms with van der Waals surface area (Å²) >= 11 is 1.75.